The summed E-state index contributed by atoms with van der Waals surface area (Å²) in [7, 11) is 0. The minimum absolute atomic E-state index is 0.114. The van der Waals surface area contributed by atoms with E-state index in [1.165, 1.54) is 16.9 Å². The van der Waals surface area contributed by atoms with Crippen molar-refractivity contribution in [3.8, 4) is 11.3 Å². The number of nitrogens with zero attached hydrogens (tertiary/aromatic N) is 5. The van der Waals surface area contributed by atoms with Crippen molar-refractivity contribution in [2.75, 3.05) is 37.0 Å². The third-order valence-electron chi connectivity index (χ3n) is 5.36. The number of thiophene rings is 1. The number of aliphatic imine (C=N–C) groups is 1. The lowest BCUT2D eigenvalue weighted by Crippen LogP contribution is -2.62. The lowest BCUT2D eigenvalue weighted by Gasteiger charge is -2.18. The molecule has 1 aliphatic heterocycles. The zero-order valence-corrected chi connectivity index (χ0v) is 18.6. The summed E-state index contributed by atoms with van der Waals surface area (Å²) in [5.41, 5.74) is 10.8. The van der Waals surface area contributed by atoms with E-state index < -0.39 is 5.90 Å². The molecule has 5 rings (SSSR count). The van der Waals surface area contributed by atoms with Crippen LogP contribution in [0.2, 0.25) is 0 Å². The number of morpholine rings is 1. The van der Waals surface area contributed by atoms with Gasteiger partial charge < -0.3 is 15.6 Å². The number of nitrogens with two attached hydrogens (primary N) is 1. The first-order chi connectivity index (χ1) is 15.5. The zero-order chi connectivity index (χ0) is 22.2. The second-order valence-electron chi connectivity index (χ2n) is 7.66. The number of anilines is 1. The van der Waals surface area contributed by atoms with Crippen molar-refractivity contribution in [2.24, 2.45) is 4.99 Å². The molecule has 0 aliphatic carbocycles. The molecule has 0 bridgehead atoms. The van der Waals surface area contributed by atoms with Gasteiger partial charge in [0.2, 0.25) is 5.27 Å². The molecule has 0 unspecified atom stereocenters. The Morgan fingerprint density at radius 2 is 1.97 bits per heavy atom. The number of rotatable bonds is 4. The monoisotopic (exact) mass is 450 g/mol. The van der Waals surface area contributed by atoms with Crippen LogP contribution in [0.15, 0.2) is 46.0 Å². The van der Waals surface area contributed by atoms with Gasteiger partial charge in [-0.2, -0.15) is 0 Å². The number of fused-ring (bicyclic) bond motifs is 1. The van der Waals surface area contributed by atoms with Gasteiger partial charge in [0.15, 0.2) is 0 Å². The van der Waals surface area contributed by atoms with Crippen molar-refractivity contribution in [1.82, 2.24) is 10.3 Å². The van der Waals surface area contributed by atoms with E-state index in [9.17, 15) is 5.11 Å². The molecule has 164 valence electrons. The van der Waals surface area contributed by atoms with Crippen LogP contribution in [0.1, 0.15) is 16.0 Å². The molecule has 1 fully saturated rings. The van der Waals surface area contributed by atoms with E-state index >= 15 is 0 Å². The third-order valence-corrected chi connectivity index (χ3v) is 6.47. The molecule has 0 amide bonds. The number of hydrogen-bond acceptors (Lipinski definition) is 9. The molecule has 4 aromatic rings. The van der Waals surface area contributed by atoms with Crippen LogP contribution in [-0.4, -0.2) is 42.5 Å². The molecular weight excluding hydrogens is 428 g/mol. The second-order valence-corrected chi connectivity index (χ2v) is 8.66. The fourth-order valence-corrected chi connectivity index (χ4v) is 4.59. The Labute approximate surface area is 188 Å². The first kappa shape index (κ1) is 20.4. The molecule has 9 nitrogen and oxygen atoms in total. The molecule has 1 aliphatic rings. The number of pyridine rings is 1. The molecule has 0 spiro atoms. The van der Waals surface area contributed by atoms with Crippen molar-refractivity contribution in [3.63, 3.8) is 0 Å². The van der Waals surface area contributed by atoms with Gasteiger partial charge in [-0.25, -0.2) is 9.98 Å². The summed E-state index contributed by atoms with van der Waals surface area (Å²) in [5, 5.41) is 19.5. The third kappa shape index (κ3) is 3.78. The smallest absolute Gasteiger partial charge is 0.324 e. The van der Waals surface area contributed by atoms with Crippen molar-refractivity contribution in [1.29, 1.82) is 0 Å². The van der Waals surface area contributed by atoms with Crippen molar-refractivity contribution >= 4 is 39.0 Å². The maximum absolute atomic E-state index is 12.9. The highest BCUT2D eigenvalue weighted by Crippen LogP contribution is 2.36. The predicted molar refractivity (Wildman–Crippen MR) is 121 cm³/mol. The molecule has 0 atom stereocenters. The van der Waals surface area contributed by atoms with E-state index in [2.05, 4.69) is 22.4 Å². The number of aromatic nitrogens is 3. The first-order valence-electron chi connectivity index (χ1n) is 10.2. The molecule has 1 saturated heterocycles. The van der Waals surface area contributed by atoms with E-state index in [1.54, 1.807) is 11.0 Å². The lowest BCUT2D eigenvalue weighted by atomic mass is 10.0. The molecule has 0 radical (unpaired) electrons. The summed E-state index contributed by atoms with van der Waals surface area (Å²) in [6, 6.07) is 10.2. The Kier molecular flexibility index (Phi) is 5.24. The van der Waals surface area contributed by atoms with Crippen LogP contribution < -0.4 is 20.6 Å². The maximum atomic E-state index is 12.9. The molecule has 1 aromatic carbocycles. The van der Waals surface area contributed by atoms with Gasteiger partial charge in [-0.15, -0.1) is 16.3 Å². The van der Waals surface area contributed by atoms with Crippen LogP contribution in [0.3, 0.4) is 0 Å². The summed E-state index contributed by atoms with van der Waals surface area (Å²) in [4.78, 5) is 11.4. The topological polar surface area (TPSA) is 117 Å². The zero-order valence-electron chi connectivity index (χ0n) is 17.7. The summed E-state index contributed by atoms with van der Waals surface area (Å²) in [6.45, 7) is 6.63. The molecule has 2 N–H and O–H groups in total. The molecular formula is C22H22N6O3S. The van der Waals surface area contributed by atoms with Crippen LogP contribution >= 0.6 is 11.3 Å². The number of nitrogen functional groups attached to an aromatic ring is 1. The predicted octanol–water partition coefficient (Wildman–Crippen LogP) is 1.84. The van der Waals surface area contributed by atoms with Crippen LogP contribution in [-0.2, 0) is 4.74 Å². The van der Waals surface area contributed by atoms with Gasteiger partial charge in [-0.05, 0) is 25.5 Å². The van der Waals surface area contributed by atoms with Crippen LogP contribution in [0.25, 0.3) is 21.5 Å². The highest BCUT2D eigenvalue weighted by Gasteiger charge is 2.23. The van der Waals surface area contributed by atoms with Gasteiger partial charge in [0.1, 0.15) is 4.83 Å². The fraction of sp³-hybridized carbons (Fsp3) is 0.273. The van der Waals surface area contributed by atoms with Crippen molar-refractivity contribution in [2.45, 2.75) is 13.8 Å². The second kappa shape index (κ2) is 8.21. The summed E-state index contributed by atoms with van der Waals surface area (Å²) in [6.07, 6.45) is 1.57. The SMILES string of the molecule is Cc1ccc(-c2nc3sc(/C([O-])=N/c4c[n+](N5CCOCC5)no4)c(N)c3cc2C)cc1. The van der Waals surface area contributed by atoms with Gasteiger partial charge in [0.05, 0.1) is 47.4 Å². The van der Waals surface area contributed by atoms with Gasteiger partial charge in [-0.1, -0.05) is 29.8 Å². The van der Waals surface area contributed by atoms with Crippen LogP contribution in [0.4, 0.5) is 11.6 Å². The minimum Gasteiger partial charge on any atom is -0.857 e. The van der Waals surface area contributed by atoms with Gasteiger partial charge in [-0.3, -0.25) is 4.52 Å². The summed E-state index contributed by atoms with van der Waals surface area (Å²) < 4.78 is 10.6. The number of benzene rings is 1. The largest absolute Gasteiger partial charge is 0.857 e. The molecule has 32 heavy (non-hydrogen) atoms. The normalized spacial score (nSPS) is 14.9. The molecule has 10 heteroatoms. The number of hydrogen-bond donors (Lipinski definition) is 1. The van der Waals surface area contributed by atoms with Gasteiger partial charge in [0.25, 0.3) is 6.20 Å². The Morgan fingerprint density at radius 3 is 2.72 bits per heavy atom. The van der Waals surface area contributed by atoms with Crippen molar-refractivity contribution in [3.05, 3.63) is 52.5 Å². The molecule has 4 heterocycles. The standard InChI is InChI=1S/C22H22N6O3S/c1-13-3-5-15(6-4-13)19-14(2)11-16-18(23)20(32-22(16)25-19)21(29)24-17-12-28(26-31-17)27-7-9-30-10-8-27/h3-6,11-12H,7-10H2,1-2H3,(H2-,23,24,26,29). The average Bonchev–Trinajstić information content (AvgIpc) is 3.39. The summed E-state index contributed by atoms with van der Waals surface area (Å²) >= 11 is 1.23. The summed E-state index contributed by atoms with van der Waals surface area (Å²) in [5.74, 6) is -0.367. The average molecular weight is 451 g/mol. The Morgan fingerprint density at radius 1 is 1.22 bits per heavy atom. The minimum atomic E-state index is -0.481. The Bertz CT molecular complexity index is 1310. The van der Waals surface area contributed by atoms with Crippen molar-refractivity contribution < 1.29 is 19.2 Å². The quantitative estimate of drug-likeness (QED) is 0.286. The number of ether oxygens (including phenoxy) is 1. The maximum Gasteiger partial charge on any atom is 0.324 e. The lowest BCUT2D eigenvalue weighted by molar-refractivity contribution is -0.759. The fourth-order valence-electron chi connectivity index (χ4n) is 3.63. The van der Waals surface area contributed by atoms with E-state index in [0.717, 1.165) is 22.2 Å². The van der Waals surface area contributed by atoms with Crippen LogP contribution in [0.5, 0.6) is 0 Å². The highest BCUT2D eigenvalue weighted by atomic mass is 32.1. The highest BCUT2D eigenvalue weighted by molar-refractivity contribution is 7.21. The van der Waals surface area contributed by atoms with Gasteiger partial charge in [0, 0.05) is 16.8 Å². The van der Waals surface area contributed by atoms with E-state index in [4.69, 9.17) is 20.0 Å². The molecule has 0 saturated carbocycles. The number of aryl methyl sites for hydroxylation is 2. The van der Waals surface area contributed by atoms with Gasteiger partial charge >= 0.3 is 5.88 Å². The first-order valence-corrected chi connectivity index (χ1v) is 11.1. The Balaban J connectivity index is 1.48. The Hall–Kier alpha value is -3.50. The van der Waals surface area contributed by atoms with E-state index in [0.29, 0.717) is 41.7 Å². The van der Waals surface area contributed by atoms with Crippen LogP contribution in [0, 0.1) is 13.8 Å². The van der Waals surface area contributed by atoms with E-state index in [1.807, 2.05) is 37.1 Å². The molecule has 3 aromatic heterocycles. The van der Waals surface area contributed by atoms with E-state index in [-0.39, 0.29) is 5.88 Å².